The van der Waals surface area contributed by atoms with Crippen molar-refractivity contribution in [3.8, 4) is 11.3 Å². The summed E-state index contributed by atoms with van der Waals surface area (Å²) in [6.07, 6.45) is 4.61. The lowest BCUT2D eigenvalue weighted by Crippen LogP contribution is -2.18. The predicted octanol–water partition coefficient (Wildman–Crippen LogP) is 1.61. The maximum Gasteiger partial charge on any atom is 0.259 e. The first-order valence-electron chi connectivity index (χ1n) is 8.78. The van der Waals surface area contributed by atoms with Gasteiger partial charge in [-0.15, -0.1) is 0 Å². The van der Waals surface area contributed by atoms with E-state index in [0.717, 1.165) is 0 Å². The van der Waals surface area contributed by atoms with Gasteiger partial charge in [-0.2, -0.15) is 0 Å². The molecule has 0 unspecified atom stereocenters. The molecule has 0 fully saturated rings. The minimum Gasteiger partial charge on any atom is -0.368 e. The number of anilines is 3. The maximum absolute atomic E-state index is 12.5. The highest BCUT2D eigenvalue weighted by atomic mass is 32.2. The molecule has 3 heterocycles. The van der Waals surface area contributed by atoms with Crippen LogP contribution in [-0.2, 0) is 10.0 Å². The van der Waals surface area contributed by atoms with Gasteiger partial charge < -0.3 is 16.0 Å². The molecule has 0 radical (unpaired) electrons. The Bertz CT molecular complexity index is 1400. The van der Waals surface area contributed by atoms with Gasteiger partial charge in [0, 0.05) is 29.8 Å². The number of nitrogens with two attached hydrogens (primary N) is 1. The molecular formula is C19H17N7O3S. The number of rotatable bonds is 5. The Morgan fingerprint density at radius 2 is 1.87 bits per heavy atom. The number of hydrogen-bond donors (Lipinski definition) is 4. The van der Waals surface area contributed by atoms with Crippen LogP contribution in [0.5, 0.6) is 0 Å². The van der Waals surface area contributed by atoms with Gasteiger partial charge in [-0.1, -0.05) is 6.07 Å². The third-order valence-electron chi connectivity index (χ3n) is 4.40. The SMILES string of the molecule is CNS(=O)(=O)c1cccc(Nc2nc(-c3cnc(N)nc3)cc3cc[nH]c(=O)c23)c1. The number of nitrogen functional groups attached to an aromatic ring is 1. The van der Waals surface area contributed by atoms with Crippen molar-refractivity contribution in [1.82, 2.24) is 24.7 Å². The third kappa shape index (κ3) is 3.71. The smallest absolute Gasteiger partial charge is 0.259 e. The number of hydrogen-bond acceptors (Lipinski definition) is 8. The van der Waals surface area contributed by atoms with Gasteiger partial charge in [-0.05, 0) is 42.8 Å². The Labute approximate surface area is 171 Å². The number of H-pyrrole nitrogens is 1. The molecule has 11 heteroatoms. The van der Waals surface area contributed by atoms with Gasteiger partial charge in [-0.3, -0.25) is 4.79 Å². The van der Waals surface area contributed by atoms with E-state index in [9.17, 15) is 13.2 Å². The number of benzene rings is 1. The maximum atomic E-state index is 12.5. The summed E-state index contributed by atoms with van der Waals surface area (Å²) < 4.78 is 26.5. The summed E-state index contributed by atoms with van der Waals surface area (Å²) in [5, 5.41) is 4.03. The summed E-state index contributed by atoms with van der Waals surface area (Å²) in [5.41, 5.74) is 6.81. The van der Waals surface area contributed by atoms with Crippen molar-refractivity contribution >= 4 is 38.2 Å². The van der Waals surface area contributed by atoms with E-state index in [0.29, 0.717) is 27.7 Å². The van der Waals surface area contributed by atoms with Crippen LogP contribution in [0, 0.1) is 0 Å². The molecule has 0 aliphatic heterocycles. The fraction of sp³-hybridized carbons (Fsp3) is 0.0526. The van der Waals surface area contributed by atoms with Gasteiger partial charge in [-0.25, -0.2) is 28.1 Å². The number of aromatic nitrogens is 4. The van der Waals surface area contributed by atoms with Crippen LogP contribution in [0.4, 0.5) is 17.5 Å². The van der Waals surface area contributed by atoms with Crippen LogP contribution < -0.4 is 21.3 Å². The van der Waals surface area contributed by atoms with Crippen molar-refractivity contribution < 1.29 is 8.42 Å². The molecule has 3 aromatic heterocycles. The number of fused-ring (bicyclic) bond motifs is 1. The Kier molecular flexibility index (Phi) is 4.90. The normalized spacial score (nSPS) is 11.5. The van der Waals surface area contributed by atoms with Gasteiger partial charge in [0.25, 0.3) is 5.56 Å². The number of nitrogens with one attached hydrogen (secondary N) is 3. The molecule has 0 aliphatic rings. The van der Waals surface area contributed by atoms with E-state index in [1.807, 2.05) is 0 Å². The second kappa shape index (κ2) is 7.54. The minimum atomic E-state index is -3.63. The van der Waals surface area contributed by atoms with Crippen molar-refractivity contribution in [2.45, 2.75) is 4.90 Å². The molecule has 0 saturated heterocycles. The zero-order chi connectivity index (χ0) is 21.3. The van der Waals surface area contributed by atoms with Crippen LogP contribution in [0.3, 0.4) is 0 Å². The number of sulfonamides is 1. The largest absolute Gasteiger partial charge is 0.368 e. The Balaban J connectivity index is 1.87. The summed E-state index contributed by atoms with van der Waals surface area (Å²) in [7, 11) is -2.29. The van der Waals surface area contributed by atoms with E-state index < -0.39 is 10.0 Å². The monoisotopic (exact) mass is 423 g/mol. The lowest BCUT2D eigenvalue weighted by molar-refractivity contribution is 0.588. The molecule has 30 heavy (non-hydrogen) atoms. The minimum absolute atomic E-state index is 0.0799. The summed E-state index contributed by atoms with van der Waals surface area (Å²) in [5.74, 6) is 0.400. The van der Waals surface area contributed by atoms with Gasteiger partial charge in [0.15, 0.2) is 0 Å². The van der Waals surface area contributed by atoms with Crippen molar-refractivity contribution in [2.75, 3.05) is 18.1 Å². The van der Waals surface area contributed by atoms with Crippen LogP contribution in [0.25, 0.3) is 22.0 Å². The third-order valence-corrected chi connectivity index (χ3v) is 5.81. The highest BCUT2D eigenvalue weighted by Gasteiger charge is 2.14. The van der Waals surface area contributed by atoms with Crippen molar-refractivity contribution in [3.63, 3.8) is 0 Å². The molecule has 1 aromatic carbocycles. The van der Waals surface area contributed by atoms with E-state index >= 15 is 0 Å². The van der Waals surface area contributed by atoms with E-state index in [4.69, 9.17) is 5.73 Å². The number of pyridine rings is 2. The average molecular weight is 423 g/mol. The molecule has 152 valence electrons. The lowest BCUT2D eigenvalue weighted by Gasteiger charge is -2.12. The van der Waals surface area contributed by atoms with E-state index in [2.05, 4.69) is 30.0 Å². The zero-order valence-corrected chi connectivity index (χ0v) is 16.6. The molecule has 0 amide bonds. The molecule has 0 atom stereocenters. The van der Waals surface area contributed by atoms with Crippen LogP contribution in [0.15, 0.2) is 64.7 Å². The molecule has 5 N–H and O–H groups in total. The lowest BCUT2D eigenvalue weighted by atomic mass is 10.1. The van der Waals surface area contributed by atoms with Crippen LogP contribution in [-0.4, -0.2) is 35.4 Å². The van der Waals surface area contributed by atoms with E-state index in [1.165, 1.54) is 37.8 Å². The first kappa shape index (κ1) is 19.5. The molecule has 10 nitrogen and oxygen atoms in total. The van der Waals surface area contributed by atoms with Crippen molar-refractivity contribution in [1.29, 1.82) is 0 Å². The predicted molar refractivity (Wildman–Crippen MR) is 114 cm³/mol. The van der Waals surface area contributed by atoms with Crippen molar-refractivity contribution in [2.24, 2.45) is 0 Å². The van der Waals surface area contributed by atoms with Gasteiger partial charge in [0.2, 0.25) is 16.0 Å². The Morgan fingerprint density at radius 3 is 2.60 bits per heavy atom. The summed E-state index contributed by atoms with van der Waals surface area (Å²) in [6.45, 7) is 0. The number of nitrogens with zero attached hydrogens (tertiary/aromatic N) is 3. The quantitative estimate of drug-likeness (QED) is 0.377. The molecule has 0 aliphatic carbocycles. The second-order valence-electron chi connectivity index (χ2n) is 6.32. The Morgan fingerprint density at radius 1 is 1.10 bits per heavy atom. The zero-order valence-electron chi connectivity index (χ0n) is 15.7. The molecule has 0 saturated carbocycles. The fourth-order valence-corrected chi connectivity index (χ4v) is 3.69. The first-order chi connectivity index (χ1) is 14.4. The van der Waals surface area contributed by atoms with Crippen LogP contribution >= 0.6 is 0 Å². The second-order valence-corrected chi connectivity index (χ2v) is 8.20. The topological polar surface area (TPSA) is 156 Å². The average Bonchev–Trinajstić information content (AvgIpc) is 2.74. The van der Waals surface area contributed by atoms with Gasteiger partial charge >= 0.3 is 0 Å². The highest BCUT2D eigenvalue weighted by Crippen LogP contribution is 2.28. The standard InChI is InChI=1S/C19H17N7O3S/c1-21-30(28,29)14-4-2-3-13(8-14)25-17-16-11(5-6-22-18(16)27)7-15(26-17)12-9-23-19(20)24-10-12/h2-10,21H,1H3,(H,22,27)(H,25,26)(H2,20,23,24). The molecule has 4 aromatic rings. The summed E-state index contributed by atoms with van der Waals surface area (Å²) in [6, 6.07) is 9.68. The highest BCUT2D eigenvalue weighted by molar-refractivity contribution is 7.89. The fourth-order valence-electron chi connectivity index (χ4n) is 2.92. The molecule has 4 rings (SSSR count). The summed E-state index contributed by atoms with van der Waals surface area (Å²) >= 11 is 0. The Hall–Kier alpha value is -3.83. The molecule has 0 spiro atoms. The van der Waals surface area contributed by atoms with Gasteiger partial charge in [0.05, 0.1) is 16.0 Å². The van der Waals surface area contributed by atoms with Gasteiger partial charge in [0.1, 0.15) is 5.82 Å². The van der Waals surface area contributed by atoms with Crippen molar-refractivity contribution in [3.05, 3.63) is 65.3 Å². The summed E-state index contributed by atoms with van der Waals surface area (Å²) in [4.78, 5) is 27.7. The molecular weight excluding hydrogens is 406 g/mol. The van der Waals surface area contributed by atoms with Crippen LogP contribution in [0.1, 0.15) is 0 Å². The van der Waals surface area contributed by atoms with E-state index in [-0.39, 0.29) is 22.2 Å². The first-order valence-corrected chi connectivity index (χ1v) is 10.3. The van der Waals surface area contributed by atoms with Crippen LogP contribution in [0.2, 0.25) is 0 Å². The number of aromatic amines is 1. The van der Waals surface area contributed by atoms with E-state index in [1.54, 1.807) is 24.3 Å². The molecule has 0 bridgehead atoms.